The van der Waals surface area contributed by atoms with Gasteiger partial charge in [-0.05, 0) is 55.9 Å². The maximum atomic E-state index is 5.52. The Hall–Kier alpha value is -1.06. The van der Waals surface area contributed by atoms with Crippen molar-refractivity contribution in [2.75, 3.05) is 25.1 Å². The van der Waals surface area contributed by atoms with Crippen LogP contribution in [0.15, 0.2) is 18.2 Å². The molecule has 110 valence electrons. The van der Waals surface area contributed by atoms with Gasteiger partial charge in [-0.2, -0.15) is 0 Å². The van der Waals surface area contributed by atoms with Gasteiger partial charge in [0.2, 0.25) is 0 Å². The molecule has 1 atom stereocenters. The van der Waals surface area contributed by atoms with Crippen LogP contribution in [0, 0.1) is 6.92 Å². The summed E-state index contributed by atoms with van der Waals surface area (Å²) in [5.74, 6) is 0. The zero-order valence-electron chi connectivity index (χ0n) is 12.7. The summed E-state index contributed by atoms with van der Waals surface area (Å²) in [6.45, 7) is 5.41. The molecule has 2 aliphatic rings. The highest BCUT2D eigenvalue weighted by molar-refractivity contribution is 5.51. The quantitative estimate of drug-likeness (QED) is 0.893. The van der Waals surface area contributed by atoms with E-state index in [2.05, 4.69) is 35.3 Å². The fraction of sp³-hybridized carbons (Fsp3) is 0.647. The van der Waals surface area contributed by atoms with Crippen molar-refractivity contribution >= 4 is 5.69 Å². The van der Waals surface area contributed by atoms with E-state index >= 15 is 0 Å². The minimum absolute atomic E-state index is 0.389. The molecule has 1 aromatic rings. The Labute approximate surface area is 122 Å². The van der Waals surface area contributed by atoms with Crippen molar-refractivity contribution in [3.05, 3.63) is 29.3 Å². The molecule has 3 nitrogen and oxygen atoms in total. The number of rotatable bonds is 5. The number of hydrogen-bond donors (Lipinski definition) is 1. The maximum Gasteiger partial charge on any atom is 0.0746 e. The second-order valence-corrected chi connectivity index (χ2v) is 6.21. The number of methoxy groups -OCH3 is 1. The second-order valence-electron chi connectivity index (χ2n) is 6.21. The van der Waals surface area contributed by atoms with Crippen LogP contribution in [0.3, 0.4) is 0 Å². The lowest BCUT2D eigenvalue weighted by atomic mass is 10.0. The summed E-state index contributed by atoms with van der Waals surface area (Å²) in [7, 11) is 1.83. The van der Waals surface area contributed by atoms with E-state index in [0.717, 1.165) is 25.7 Å². The third kappa shape index (κ3) is 3.33. The van der Waals surface area contributed by atoms with Gasteiger partial charge in [0.1, 0.15) is 0 Å². The van der Waals surface area contributed by atoms with E-state index in [1.807, 2.05) is 7.11 Å². The number of nitrogens with one attached hydrogen (secondary N) is 1. The fourth-order valence-corrected chi connectivity index (χ4v) is 2.98. The Morgan fingerprint density at radius 2 is 2.15 bits per heavy atom. The van der Waals surface area contributed by atoms with Crippen LogP contribution in [0.25, 0.3) is 0 Å². The summed E-state index contributed by atoms with van der Waals surface area (Å²) >= 11 is 0. The van der Waals surface area contributed by atoms with Gasteiger partial charge in [-0.1, -0.05) is 6.07 Å². The summed E-state index contributed by atoms with van der Waals surface area (Å²) in [5.41, 5.74) is 4.18. The molecular formula is C17H26N2O. The summed E-state index contributed by atoms with van der Waals surface area (Å²) in [6.07, 6.45) is 5.50. The zero-order valence-corrected chi connectivity index (χ0v) is 12.7. The molecule has 3 rings (SSSR count). The number of ether oxygens (including phenoxy) is 1. The van der Waals surface area contributed by atoms with Gasteiger partial charge >= 0.3 is 0 Å². The molecule has 1 N–H and O–H groups in total. The molecular weight excluding hydrogens is 248 g/mol. The maximum absolute atomic E-state index is 5.52. The molecule has 1 aliphatic heterocycles. The standard InChI is InChI=1S/C17H26N2O/c1-13-10-16(19-9-3-4-17(12-19)20-2)8-5-14(13)11-18-15-6-7-15/h5,8,10,15,17-18H,3-4,6-7,9,11-12H2,1-2H3. The topological polar surface area (TPSA) is 24.5 Å². The van der Waals surface area contributed by atoms with Crippen molar-refractivity contribution in [1.82, 2.24) is 5.32 Å². The van der Waals surface area contributed by atoms with Gasteiger partial charge in [-0.15, -0.1) is 0 Å². The Bertz CT molecular complexity index is 456. The Balaban J connectivity index is 1.65. The lowest BCUT2D eigenvalue weighted by Crippen LogP contribution is -2.39. The minimum Gasteiger partial charge on any atom is -0.380 e. The number of piperidine rings is 1. The highest BCUT2D eigenvalue weighted by Crippen LogP contribution is 2.25. The Kier molecular flexibility index (Phi) is 4.27. The summed E-state index contributed by atoms with van der Waals surface area (Å²) < 4.78 is 5.52. The van der Waals surface area contributed by atoms with E-state index in [-0.39, 0.29) is 0 Å². The molecule has 20 heavy (non-hydrogen) atoms. The number of anilines is 1. The van der Waals surface area contributed by atoms with Crippen LogP contribution in [0.2, 0.25) is 0 Å². The predicted octanol–water partition coefficient (Wildman–Crippen LogP) is 2.86. The van der Waals surface area contributed by atoms with Gasteiger partial charge in [0, 0.05) is 38.5 Å². The van der Waals surface area contributed by atoms with E-state index in [1.54, 1.807) is 0 Å². The molecule has 0 spiro atoms. The Morgan fingerprint density at radius 1 is 1.30 bits per heavy atom. The molecule has 0 bridgehead atoms. The van der Waals surface area contributed by atoms with Crippen LogP contribution in [-0.4, -0.2) is 32.3 Å². The highest BCUT2D eigenvalue weighted by atomic mass is 16.5. The van der Waals surface area contributed by atoms with Crippen LogP contribution in [-0.2, 0) is 11.3 Å². The van der Waals surface area contributed by atoms with E-state index < -0.39 is 0 Å². The molecule has 1 unspecified atom stereocenters. The molecule has 1 heterocycles. The van der Waals surface area contributed by atoms with Crippen molar-refractivity contribution in [1.29, 1.82) is 0 Å². The SMILES string of the molecule is COC1CCCN(c2ccc(CNC3CC3)c(C)c2)C1. The first-order valence-corrected chi connectivity index (χ1v) is 7.87. The minimum atomic E-state index is 0.389. The summed E-state index contributed by atoms with van der Waals surface area (Å²) in [6, 6.07) is 7.67. The molecule has 1 saturated carbocycles. The average molecular weight is 274 g/mol. The first kappa shape index (κ1) is 13.9. The number of benzene rings is 1. The number of aryl methyl sites for hydroxylation is 1. The molecule has 0 amide bonds. The van der Waals surface area contributed by atoms with E-state index in [1.165, 1.54) is 42.5 Å². The Morgan fingerprint density at radius 3 is 2.85 bits per heavy atom. The van der Waals surface area contributed by atoms with E-state index in [0.29, 0.717) is 6.10 Å². The molecule has 1 aliphatic carbocycles. The lowest BCUT2D eigenvalue weighted by molar-refractivity contribution is 0.0893. The fourth-order valence-electron chi connectivity index (χ4n) is 2.98. The molecule has 3 heteroatoms. The van der Waals surface area contributed by atoms with Gasteiger partial charge in [-0.3, -0.25) is 0 Å². The van der Waals surface area contributed by atoms with Crippen molar-refractivity contribution in [3.63, 3.8) is 0 Å². The predicted molar refractivity (Wildman–Crippen MR) is 83.3 cm³/mol. The number of nitrogens with zero attached hydrogens (tertiary/aromatic N) is 1. The van der Waals surface area contributed by atoms with Crippen LogP contribution < -0.4 is 10.2 Å². The zero-order chi connectivity index (χ0) is 13.9. The molecule has 0 aromatic heterocycles. The largest absolute Gasteiger partial charge is 0.380 e. The van der Waals surface area contributed by atoms with Crippen LogP contribution in [0.1, 0.15) is 36.8 Å². The van der Waals surface area contributed by atoms with Gasteiger partial charge in [0.15, 0.2) is 0 Å². The van der Waals surface area contributed by atoms with Crippen LogP contribution in [0.4, 0.5) is 5.69 Å². The van der Waals surface area contributed by atoms with Crippen molar-refractivity contribution in [3.8, 4) is 0 Å². The first-order chi connectivity index (χ1) is 9.76. The summed E-state index contributed by atoms with van der Waals surface area (Å²) in [4.78, 5) is 2.46. The lowest BCUT2D eigenvalue weighted by Gasteiger charge is -2.34. The highest BCUT2D eigenvalue weighted by Gasteiger charge is 2.21. The van der Waals surface area contributed by atoms with Gasteiger partial charge in [0.05, 0.1) is 6.10 Å². The molecule has 0 radical (unpaired) electrons. The molecule has 1 aromatic carbocycles. The molecule has 1 saturated heterocycles. The normalized spacial score (nSPS) is 23.1. The second kappa shape index (κ2) is 6.15. The first-order valence-electron chi connectivity index (χ1n) is 7.87. The molecule has 2 fully saturated rings. The number of hydrogen-bond acceptors (Lipinski definition) is 3. The third-order valence-electron chi connectivity index (χ3n) is 4.56. The van der Waals surface area contributed by atoms with E-state index in [4.69, 9.17) is 4.74 Å². The summed E-state index contributed by atoms with van der Waals surface area (Å²) in [5, 5.41) is 3.60. The van der Waals surface area contributed by atoms with E-state index in [9.17, 15) is 0 Å². The average Bonchev–Trinajstić information content (AvgIpc) is 3.30. The smallest absolute Gasteiger partial charge is 0.0746 e. The van der Waals surface area contributed by atoms with Crippen LogP contribution in [0.5, 0.6) is 0 Å². The van der Waals surface area contributed by atoms with Gasteiger partial charge in [-0.25, -0.2) is 0 Å². The monoisotopic (exact) mass is 274 g/mol. The van der Waals surface area contributed by atoms with Crippen LogP contribution >= 0.6 is 0 Å². The van der Waals surface area contributed by atoms with Crippen molar-refractivity contribution in [2.45, 2.75) is 51.3 Å². The van der Waals surface area contributed by atoms with Gasteiger partial charge < -0.3 is 15.0 Å². The third-order valence-corrected chi connectivity index (χ3v) is 4.56. The van der Waals surface area contributed by atoms with Crippen molar-refractivity contribution in [2.24, 2.45) is 0 Å². The van der Waals surface area contributed by atoms with Crippen molar-refractivity contribution < 1.29 is 4.74 Å². The van der Waals surface area contributed by atoms with Gasteiger partial charge in [0.25, 0.3) is 0 Å².